The van der Waals surface area contributed by atoms with Crippen LogP contribution in [0.2, 0.25) is 0 Å². The van der Waals surface area contributed by atoms with Crippen molar-refractivity contribution in [2.45, 2.75) is 31.2 Å². The van der Waals surface area contributed by atoms with Crippen molar-refractivity contribution in [2.75, 3.05) is 16.9 Å². The lowest BCUT2D eigenvalue weighted by atomic mass is 10.2. The summed E-state index contributed by atoms with van der Waals surface area (Å²) in [5.41, 5.74) is 1.69. The van der Waals surface area contributed by atoms with E-state index in [1.165, 1.54) is 6.07 Å². The van der Waals surface area contributed by atoms with Gasteiger partial charge in [0.1, 0.15) is 10.7 Å². The summed E-state index contributed by atoms with van der Waals surface area (Å²) in [6, 6.07) is 10.5. The average Bonchev–Trinajstić information content (AvgIpc) is 2.54. The van der Waals surface area contributed by atoms with E-state index in [0.717, 1.165) is 23.9 Å². The van der Waals surface area contributed by atoms with Crippen LogP contribution in [0.25, 0.3) is 0 Å². The van der Waals surface area contributed by atoms with E-state index in [1.807, 2.05) is 31.2 Å². The summed E-state index contributed by atoms with van der Waals surface area (Å²) >= 11 is 0. The number of sulfone groups is 1. The van der Waals surface area contributed by atoms with Crippen LogP contribution in [0.5, 0.6) is 0 Å². The standard InChI is InChI=1S/C17H21N3O3S/c1-3-5-16(21)20-14-9-7-13(8-10-14)12-19-17-15(24(2,22)23)6-4-11-18-17/h4,6-11H,3,5,12H2,1-2H3,(H,18,19)(H,20,21). The normalized spacial score (nSPS) is 11.1. The van der Waals surface area contributed by atoms with Gasteiger partial charge >= 0.3 is 0 Å². The molecule has 0 radical (unpaired) electrons. The number of aromatic nitrogens is 1. The second kappa shape index (κ2) is 7.92. The lowest BCUT2D eigenvalue weighted by Gasteiger charge is -2.10. The zero-order valence-electron chi connectivity index (χ0n) is 13.7. The number of benzene rings is 1. The van der Waals surface area contributed by atoms with Crippen molar-refractivity contribution in [1.82, 2.24) is 4.98 Å². The number of pyridine rings is 1. The molecule has 0 atom stereocenters. The molecule has 0 unspecified atom stereocenters. The molecule has 0 fully saturated rings. The predicted molar refractivity (Wildman–Crippen MR) is 94.7 cm³/mol. The molecule has 7 heteroatoms. The van der Waals surface area contributed by atoms with Crippen LogP contribution in [0, 0.1) is 0 Å². The van der Waals surface area contributed by atoms with Crippen LogP contribution in [-0.2, 0) is 21.2 Å². The smallest absolute Gasteiger partial charge is 0.224 e. The van der Waals surface area contributed by atoms with Crippen LogP contribution in [-0.4, -0.2) is 25.6 Å². The number of anilines is 2. The molecule has 6 nitrogen and oxygen atoms in total. The quantitative estimate of drug-likeness (QED) is 0.804. The Hall–Kier alpha value is -2.41. The summed E-state index contributed by atoms with van der Waals surface area (Å²) in [5.74, 6) is 0.329. The Bertz CT molecular complexity index is 802. The molecule has 2 N–H and O–H groups in total. The highest BCUT2D eigenvalue weighted by Gasteiger charge is 2.13. The van der Waals surface area contributed by atoms with Gasteiger partial charge in [0.15, 0.2) is 9.84 Å². The Labute approximate surface area is 142 Å². The predicted octanol–water partition coefficient (Wildman–Crippen LogP) is 2.84. The first-order valence-corrected chi connectivity index (χ1v) is 9.57. The first kappa shape index (κ1) is 17.9. The van der Waals surface area contributed by atoms with Crippen molar-refractivity contribution in [3.8, 4) is 0 Å². The highest BCUT2D eigenvalue weighted by molar-refractivity contribution is 7.90. The van der Waals surface area contributed by atoms with Crippen LogP contribution >= 0.6 is 0 Å². The fraction of sp³-hybridized carbons (Fsp3) is 0.294. The number of nitrogens with one attached hydrogen (secondary N) is 2. The van der Waals surface area contributed by atoms with Crippen molar-refractivity contribution in [1.29, 1.82) is 0 Å². The molecule has 1 aromatic heterocycles. The number of nitrogens with zero attached hydrogens (tertiary/aromatic N) is 1. The zero-order chi connectivity index (χ0) is 17.6. The van der Waals surface area contributed by atoms with Gasteiger partial charge in [0.2, 0.25) is 5.91 Å². The van der Waals surface area contributed by atoms with Crippen molar-refractivity contribution in [2.24, 2.45) is 0 Å². The van der Waals surface area contributed by atoms with Gasteiger partial charge in [-0.25, -0.2) is 13.4 Å². The van der Waals surface area contributed by atoms with Crippen LogP contribution in [0.3, 0.4) is 0 Å². The van der Waals surface area contributed by atoms with E-state index >= 15 is 0 Å². The van der Waals surface area contributed by atoms with Gasteiger partial charge in [-0.3, -0.25) is 4.79 Å². The molecule has 1 heterocycles. The SMILES string of the molecule is CCCC(=O)Nc1ccc(CNc2ncccc2S(C)(=O)=O)cc1. The topological polar surface area (TPSA) is 88.2 Å². The highest BCUT2D eigenvalue weighted by atomic mass is 32.2. The second-order valence-electron chi connectivity index (χ2n) is 5.47. The van der Waals surface area contributed by atoms with Crippen LogP contribution < -0.4 is 10.6 Å². The van der Waals surface area contributed by atoms with Gasteiger partial charge in [0.05, 0.1) is 0 Å². The summed E-state index contributed by atoms with van der Waals surface area (Å²) in [5, 5.41) is 5.86. The van der Waals surface area contributed by atoms with Crippen molar-refractivity contribution in [3.05, 3.63) is 48.2 Å². The van der Waals surface area contributed by atoms with Crippen molar-refractivity contribution >= 4 is 27.2 Å². The van der Waals surface area contributed by atoms with Crippen LogP contribution in [0.15, 0.2) is 47.5 Å². The molecule has 0 saturated heterocycles. The molecule has 0 saturated carbocycles. The van der Waals surface area contributed by atoms with Gasteiger partial charge in [-0.15, -0.1) is 0 Å². The van der Waals surface area contributed by atoms with Crippen molar-refractivity contribution < 1.29 is 13.2 Å². The third-order valence-corrected chi connectivity index (χ3v) is 4.47. The third kappa shape index (κ3) is 5.06. The maximum Gasteiger partial charge on any atom is 0.224 e. The number of hydrogen-bond acceptors (Lipinski definition) is 5. The van der Waals surface area contributed by atoms with E-state index in [4.69, 9.17) is 0 Å². The summed E-state index contributed by atoms with van der Waals surface area (Å²) < 4.78 is 23.5. The molecule has 0 bridgehead atoms. The van der Waals surface area contributed by atoms with Gasteiger partial charge in [0.25, 0.3) is 0 Å². The maximum atomic E-state index is 11.7. The molecule has 2 rings (SSSR count). The molecule has 1 aromatic carbocycles. The van der Waals surface area contributed by atoms with Gasteiger partial charge < -0.3 is 10.6 Å². The number of carbonyl (C=O) groups is 1. The summed E-state index contributed by atoms with van der Waals surface area (Å²) in [4.78, 5) is 15.8. The van der Waals surface area contributed by atoms with Gasteiger partial charge in [0, 0.05) is 31.1 Å². The maximum absolute atomic E-state index is 11.7. The first-order chi connectivity index (χ1) is 11.4. The first-order valence-electron chi connectivity index (χ1n) is 7.68. The Morgan fingerprint density at radius 3 is 2.50 bits per heavy atom. The molecule has 0 aliphatic heterocycles. The molecule has 0 aliphatic rings. The average molecular weight is 347 g/mol. The highest BCUT2D eigenvalue weighted by Crippen LogP contribution is 2.19. The number of amides is 1. The molecule has 24 heavy (non-hydrogen) atoms. The number of hydrogen-bond donors (Lipinski definition) is 2. The summed E-state index contributed by atoms with van der Waals surface area (Å²) in [6.07, 6.45) is 4.00. The lowest BCUT2D eigenvalue weighted by molar-refractivity contribution is -0.116. The molecule has 0 spiro atoms. The van der Waals surface area contributed by atoms with E-state index in [0.29, 0.717) is 18.8 Å². The van der Waals surface area contributed by atoms with Gasteiger partial charge in [-0.1, -0.05) is 19.1 Å². The fourth-order valence-electron chi connectivity index (χ4n) is 2.16. The fourth-order valence-corrected chi connectivity index (χ4v) is 2.97. The largest absolute Gasteiger partial charge is 0.365 e. The second-order valence-corrected chi connectivity index (χ2v) is 7.46. The minimum atomic E-state index is -3.34. The van der Waals surface area contributed by atoms with Crippen molar-refractivity contribution in [3.63, 3.8) is 0 Å². The molecule has 2 aromatic rings. The monoisotopic (exact) mass is 347 g/mol. The molecule has 0 aliphatic carbocycles. The van der Waals surface area contributed by atoms with Crippen LogP contribution in [0.4, 0.5) is 11.5 Å². The molecular weight excluding hydrogens is 326 g/mol. The van der Waals surface area contributed by atoms with E-state index in [-0.39, 0.29) is 10.8 Å². The Kier molecular flexibility index (Phi) is 5.92. The Morgan fingerprint density at radius 2 is 1.88 bits per heavy atom. The molecular formula is C17H21N3O3S. The minimum absolute atomic E-state index is 0.00495. The van der Waals surface area contributed by atoms with Gasteiger partial charge in [-0.05, 0) is 36.2 Å². The Balaban J connectivity index is 2.02. The van der Waals surface area contributed by atoms with E-state index in [1.54, 1.807) is 12.3 Å². The summed E-state index contributed by atoms with van der Waals surface area (Å²) in [6.45, 7) is 2.39. The molecule has 1 amide bonds. The third-order valence-electron chi connectivity index (χ3n) is 3.34. The Morgan fingerprint density at radius 1 is 1.17 bits per heavy atom. The zero-order valence-corrected chi connectivity index (χ0v) is 14.6. The lowest BCUT2D eigenvalue weighted by Crippen LogP contribution is -2.11. The van der Waals surface area contributed by atoms with Crippen LogP contribution in [0.1, 0.15) is 25.3 Å². The minimum Gasteiger partial charge on any atom is -0.365 e. The van der Waals surface area contributed by atoms with E-state index in [2.05, 4.69) is 15.6 Å². The van der Waals surface area contributed by atoms with E-state index in [9.17, 15) is 13.2 Å². The summed E-state index contributed by atoms with van der Waals surface area (Å²) in [7, 11) is -3.34. The van der Waals surface area contributed by atoms with E-state index < -0.39 is 9.84 Å². The number of carbonyl (C=O) groups excluding carboxylic acids is 1. The molecule has 128 valence electrons. The van der Waals surface area contributed by atoms with Gasteiger partial charge in [-0.2, -0.15) is 0 Å². The number of rotatable bonds is 7.